The molecule has 2 atom stereocenters. The topological polar surface area (TPSA) is 142 Å². The van der Waals surface area contributed by atoms with Gasteiger partial charge in [0, 0.05) is 19.3 Å². The van der Waals surface area contributed by atoms with E-state index >= 15 is 0 Å². The first-order valence-corrected chi connectivity index (χ1v) is 8.19. The molecule has 0 unspecified atom stereocenters. The average Bonchev–Trinajstić information content (AvgIpc) is 2.89. The Kier molecular flexibility index (Phi) is 5.50. The van der Waals surface area contributed by atoms with Crippen molar-refractivity contribution in [1.82, 2.24) is 10.6 Å². The summed E-state index contributed by atoms with van der Waals surface area (Å²) in [6.45, 7) is 0. The van der Waals surface area contributed by atoms with Crippen molar-refractivity contribution < 1.29 is 33.4 Å². The number of nitrogens with one attached hydrogen (secondary N) is 2. The first-order chi connectivity index (χ1) is 11.6. The van der Waals surface area contributed by atoms with E-state index in [1.165, 1.54) is 0 Å². The van der Waals surface area contributed by atoms with Gasteiger partial charge in [0.25, 0.3) is 0 Å². The monoisotopic (exact) mass is 363 g/mol. The summed E-state index contributed by atoms with van der Waals surface area (Å²) in [4.78, 5) is 34.6. The van der Waals surface area contributed by atoms with Gasteiger partial charge in [-0.15, -0.1) is 0 Å². The molecule has 0 spiro atoms. The fourth-order valence-electron chi connectivity index (χ4n) is 3.67. The number of hydrogen-bond donors (Lipinski definition) is 5. The molecule has 0 saturated heterocycles. The van der Waals surface area contributed by atoms with E-state index in [0.29, 0.717) is 12.8 Å². The van der Waals surface area contributed by atoms with Crippen molar-refractivity contribution in [2.75, 3.05) is 0 Å². The Morgan fingerprint density at radius 1 is 1.24 bits per heavy atom. The Labute approximate surface area is 143 Å². The minimum absolute atomic E-state index is 0.222. The van der Waals surface area contributed by atoms with Gasteiger partial charge in [0.2, 0.25) is 11.8 Å². The molecule has 10 heteroatoms. The first-order valence-electron chi connectivity index (χ1n) is 8.19. The summed E-state index contributed by atoms with van der Waals surface area (Å²) in [5.41, 5.74) is 1.77. The molecule has 0 aromatic carbocycles. The summed E-state index contributed by atoms with van der Waals surface area (Å²) in [7, 11) is 0. The van der Waals surface area contributed by atoms with Gasteiger partial charge in [-0.2, -0.15) is 0 Å². The molecular weight excluding hydrogens is 340 g/mol. The number of halogens is 2. The van der Waals surface area contributed by atoms with Crippen LogP contribution < -0.4 is 16.4 Å². The normalized spacial score (nSPS) is 30.0. The molecule has 0 radical (unpaired) electrons. The zero-order valence-corrected chi connectivity index (χ0v) is 13.6. The van der Waals surface area contributed by atoms with Gasteiger partial charge >= 0.3 is 6.09 Å². The third-order valence-electron chi connectivity index (χ3n) is 5.02. The van der Waals surface area contributed by atoms with Crippen LogP contribution in [-0.4, -0.2) is 57.6 Å². The number of aliphatic hydroxyl groups is 1. The zero-order chi connectivity index (χ0) is 18.8. The number of rotatable bonds is 7. The maximum absolute atomic E-state index is 14.7. The highest BCUT2D eigenvalue weighted by atomic mass is 19.1. The van der Waals surface area contributed by atoms with Crippen molar-refractivity contribution in [3.05, 3.63) is 0 Å². The minimum Gasteiger partial charge on any atom is -0.465 e. The highest BCUT2D eigenvalue weighted by molar-refractivity contribution is 5.88. The van der Waals surface area contributed by atoms with Gasteiger partial charge in [-0.3, -0.25) is 9.59 Å². The molecule has 0 aromatic rings. The number of carbonyl (C=O) groups excluding carboxylic acids is 2. The van der Waals surface area contributed by atoms with Gasteiger partial charge in [0.1, 0.15) is 17.9 Å². The van der Waals surface area contributed by atoms with Crippen molar-refractivity contribution in [3.63, 3.8) is 0 Å². The molecule has 142 valence electrons. The molecule has 0 bridgehead atoms. The molecule has 3 amide bonds. The quantitative estimate of drug-likeness (QED) is 0.437. The summed E-state index contributed by atoms with van der Waals surface area (Å²) < 4.78 is 28.0. The van der Waals surface area contributed by atoms with E-state index in [9.17, 15) is 28.3 Å². The van der Waals surface area contributed by atoms with Gasteiger partial charge in [0.15, 0.2) is 6.10 Å². The van der Waals surface area contributed by atoms with Crippen molar-refractivity contribution in [2.45, 2.75) is 74.5 Å². The lowest BCUT2D eigenvalue weighted by Crippen LogP contribution is -2.70. The molecule has 2 fully saturated rings. The highest BCUT2D eigenvalue weighted by Crippen LogP contribution is 2.39. The molecular formula is C15H23F2N3O5. The molecule has 8 nitrogen and oxygen atoms in total. The highest BCUT2D eigenvalue weighted by Gasteiger charge is 2.54. The van der Waals surface area contributed by atoms with Gasteiger partial charge in [-0.05, 0) is 12.8 Å². The summed E-state index contributed by atoms with van der Waals surface area (Å²) in [5.74, 6) is -2.05. The fourth-order valence-corrected chi connectivity index (χ4v) is 3.67. The van der Waals surface area contributed by atoms with Crippen molar-refractivity contribution in [1.29, 1.82) is 0 Å². The SMILES string of the molecule is NC(=O)[C@@H](O)C1(NC(=O)[C@H](CC2(F)CCCC2)NC(=O)O)CC(F)C1. The minimum atomic E-state index is -1.82. The summed E-state index contributed by atoms with van der Waals surface area (Å²) in [6.07, 6.45) is -3.96. The smallest absolute Gasteiger partial charge is 0.405 e. The lowest BCUT2D eigenvalue weighted by molar-refractivity contribution is -0.142. The van der Waals surface area contributed by atoms with Crippen LogP contribution in [-0.2, 0) is 9.59 Å². The molecule has 6 N–H and O–H groups in total. The Morgan fingerprint density at radius 2 is 1.80 bits per heavy atom. The van der Waals surface area contributed by atoms with Crippen LogP contribution in [0.3, 0.4) is 0 Å². The molecule has 0 aliphatic heterocycles. The van der Waals surface area contributed by atoms with Gasteiger partial charge < -0.3 is 26.6 Å². The number of amides is 3. The molecule has 2 saturated carbocycles. The Morgan fingerprint density at radius 3 is 2.24 bits per heavy atom. The van der Waals surface area contributed by atoms with E-state index in [1.54, 1.807) is 0 Å². The zero-order valence-electron chi connectivity index (χ0n) is 13.6. The molecule has 2 aliphatic rings. The van der Waals surface area contributed by atoms with Crippen LogP contribution in [0, 0.1) is 0 Å². The van der Waals surface area contributed by atoms with Gasteiger partial charge in [0.05, 0.1) is 5.54 Å². The van der Waals surface area contributed by atoms with Gasteiger partial charge in [-0.1, -0.05) is 12.8 Å². The van der Waals surface area contributed by atoms with Gasteiger partial charge in [-0.25, -0.2) is 13.6 Å². The second kappa shape index (κ2) is 7.11. The van der Waals surface area contributed by atoms with Crippen LogP contribution in [0.15, 0.2) is 0 Å². The maximum atomic E-state index is 14.7. The summed E-state index contributed by atoms with van der Waals surface area (Å²) in [6, 6.07) is -1.42. The van der Waals surface area contributed by atoms with E-state index < -0.39 is 47.4 Å². The van der Waals surface area contributed by atoms with Crippen LogP contribution in [0.4, 0.5) is 13.6 Å². The Bertz CT molecular complexity index is 547. The first kappa shape index (κ1) is 19.4. The van der Waals surface area contributed by atoms with Crippen LogP contribution >= 0.6 is 0 Å². The molecule has 2 aliphatic carbocycles. The Hall–Kier alpha value is -1.97. The third kappa shape index (κ3) is 4.36. The van der Waals surface area contributed by atoms with Crippen molar-refractivity contribution in [2.24, 2.45) is 5.73 Å². The number of primary amides is 1. The number of aliphatic hydroxyl groups excluding tert-OH is 1. The van der Waals surface area contributed by atoms with E-state index in [1.807, 2.05) is 5.32 Å². The fraction of sp³-hybridized carbons (Fsp3) is 0.800. The number of alkyl halides is 2. The molecule has 25 heavy (non-hydrogen) atoms. The number of hydrogen-bond acceptors (Lipinski definition) is 4. The Balaban J connectivity index is 2.12. The van der Waals surface area contributed by atoms with Crippen LogP contribution in [0.5, 0.6) is 0 Å². The standard InChI is InChI=1S/C15H23F2N3O5/c16-8-5-15(6-8,10(21)11(18)22)20-12(23)9(19-13(24)25)7-14(17)3-1-2-4-14/h8-10,19,21H,1-7H2,(H2,18,22)(H,20,23)(H,24,25)/t8?,9-,10+,15?/m0/s1. The lowest BCUT2D eigenvalue weighted by atomic mass is 9.70. The van der Waals surface area contributed by atoms with Crippen LogP contribution in [0.1, 0.15) is 44.9 Å². The maximum Gasteiger partial charge on any atom is 0.405 e. The number of nitrogens with two attached hydrogens (primary N) is 1. The molecule has 0 aromatic heterocycles. The third-order valence-corrected chi connectivity index (χ3v) is 5.02. The second-order valence-electron chi connectivity index (χ2n) is 7.02. The molecule has 2 rings (SSSR count). The lowest BCUT2D eigenvalue weighted by Gasteiger charge is -2.47. The average molecular weight is 363 g/mol. The van der Waals surface area contributed by atoms with Crippen LogP contribution in [0.2, 0.25) is 0 Å². The number of carboxylic acid groups (broad SMARTS) is 1. The second-order valence-corrected chi connectivity index (χ2v) is 7.02. The predicted octanol–water partition coefficient (Wildman–Crippen LogP) is 0.128. The molecule has 0 heterocycles. The summed E-state index contributed by atoms with van der Waals surface area (Å²) >= 11 is 0. The van der Waals surface area contributed by atoms with E-state index in [2.05, 4.69) is 5.32 Å². The summed E-state index contributed by atoms with van der Waals surface area (Å²) in [5, 5.41) is 23.1. The number of carbonyl (C=O) groups is 3. The van der Waals surface area contributed by atoms with Crippen LogP contribution in [0.25, 0.3) is 0 Å². The largest absolute Gasteiger partial charge is 0.465 e. The van der Waals surface area contributed by atoms with Crippen molar-refractivity contribution in [3.8, 4) is 0 Å². The van der Waals surface area contributed by atoms with E-state index in [0.717, 1.165) is 0 Å². The predicted molar refractivity (Wildman–Crippen MR) is 82.1 cm³/mol. The van der Waals surface area contributed by atoms with Crippen molar-refractivity contribution >= 4 is 17.9 Å². The van der Waals surface area contributed by atoms with E-state index in [-0.39, 0.29) is 32.1 Å². The van der Waals surface area contributed by atoms with E-state index in [4.69, 9.17) is 10.8 Å².